The Kier molecular flexibility index (Phi) is 4.22. The number of hydrogen-bond donors (Lipinski definition) is 2. The van der Waals surface area contributed by atoms with Crippen LogP contribution in [0.3, 0.4) is 0 Å². The number of rotatable bonds is 4. The van der Waals surface area contributed by atoms with E-state index >= 15 is 0 Å². The molecule has 0 aromatic heterocycles. The topological polar surface area (TPSA) is 46.2 Å². The summed E-state index contributed by atoms with van der Waals surface area (Å²) in [6.45, 7) is 0.609. The van der Waals surface area contributed by atoms with Gasteiger partial charge in [0.15, 0.2) is 0 Å². The van der Waals surface area contributed by atoms with Crippen LogP contribution in [0.25, 0.3) is 0 Å². The Morgan fingerprint density at radius 3 is 2.85 bits per heavy atom. The summed E-state index contributed by atoms with van der Waals surface area (Å²) in [6.07, 6.45) is 1.08. The zero-order valence-corrected chi connectivity index (χ0v) is 8.17. The highest BCUT2D eigenvalue weighted by atomic mass is 35.5. The van der Waals surface area contributed by atoms with Crippen molar-refractivity contribution < 1.29 is 5.11 Å². The maximum absolute atomic E-state index is 9.66. The molecule has 0 saturated heterocycles. The minimum atomic E-state index is -0.442. The average Bonchev–Trinajstić information content (AvgIpc) is 2.14. The lowest BCUT2D eigenvalue weighted by Gasteiger charge is -2.09. The van der Waals surface area contributed by atoms with Crippen molar-refractivity contribution >= 4 is 11.6 Å². The molecule has 3 N–H and O–H groups in total. The number of nitrogens with two attached hydrogens (primary N) is 1. The van der Waals surface area contributed by atoms with Gasteiger partial charge in [-0.25, -0.2) is 0 Å². The van der Waals surface area contributed by atoms with Gasteiger partial charge < -0.3 is 10.8 Å². The summed E-state index contributed by atoms with van der Waals surface area (Å²) in [5.74, 6) is 0. The lowest BCUT2D eigenvalue weighted by atomic mass is 10.1. The van der Waals surface area contributed by atoms with E-state index in [2.05, 4.69) is 0 Å². The molecule has 1 unspecified atom stereocenters. The van der Waals surface area contributed by atoms with E-state index in [0.29, 0.717) is 18.0 Å². The van der Waals surface area contributed by atoms with Crippen molar-refractivity contribution in [2.24, 2.45) is 5.73 Å². The molecule has 72 valence electrons. The Morgan fingerprint density at radius 1 is 1.46 bits per heavy atom. The van der Waals surface area contributed by atoms with E-state index in [1.165, 1.54) is 0 Å². The lowest BCUT2D eigenvalue weighted by molar-refractivity contribution is 0.165. The standard InChI is InChI=1S/C10H14ClNO/c11-9-4-1-3-8(7-9)10(13)5-2-6-12/h1,3-4,7,10,13H,2,5-6,12H2. The van der Waals surface area contributed by atoms with Gasteiger partial charge in [-0.3, -0.25) is 0 Å². The molecule has 13 heavy (non-hydrogen) atoms. The van der Waals surface area contributed by atoms with E-state index in [9.17, 15) is 5.11 Å². The van der Waals surface area contributed by atoms with Crippen LogP contribution in [0.1, 0.15) is 24.5 Å². The summed E-state index contributed by atoms with van der Waals surface area (Å²) in [5, 5.41) is 10.3. The van der Waals surface area contributed by atoms with Gasteiger partial charge in [0.05, 0.1) is 6.10 Å². The fourth-order valence-electron chi connectivity index (χ4n) is 1.19. The molecular weight excluding hydrogens is 186 g/mol. The first-order valence-corrected chi connectivity index (χ1v) is 4.75. The van der Waals surface area contributed by atoms with Crippen LogP contribution in [0.4, 0.5) is 0 Å². The van der Waals surface area contributed by atoms with E-state index in [0.717, 1.165) is 12.0 Å². The first-order valence-electron chi connectivity index (χ1n) is 4.37. The molecule has 0 bridgehead atoms. The molecule has 0 spiro atoms. The van der Waals surface area contributed by atoms with E-state index in [-0.39, 0.29) is 0 Å². The minimum Gasteiger partial charge on any atom is -0.388 e. The highest BCUT2D eigenvalue weighted by molar-refractivity contribution is 6.30. The molecule has 3 heteroatoms. The number of halogens is 1. The van der Waals surface area contributed by atoms with Crippen LogP contribution in [0, 0.1) is 0 Å². The van der Waals surface area contributed by atoms with Crippen molar-refractivity contribution in [3.63, 3.8) is 0 Å². The van der Waals surface area contributed by atoms with E-state index < -0.39 is 6.10 Å². The molecule has 1 aromatic carbocycles. The molecule has 0 aliphatic heterocycles. The van der Waals surface area contributed by atoms with Crippen molar-refractivity contribution in [3.05, 3.63) is 34.9 Å². The maximum atomic E-state index is 9.66. The number of aliphatic hydroxyl groups excluding tert-OH is 1. The normalized spacial score (nSPS) is 12.8. The Morgan fingerprint density at radius 2 is 2.23 bits per heavy atom. The Balaban J connectivity index is 2.60. The molecular formula is C10H14ClNO. The second-order valence-electron chi connectivity index (χ2n) is 3.00. The molecule has 0 heterocycles. The maximum Gasteiger partial charge on any atom is 0.0791 e. The van der Waals surface area contributed by atoms with Crippen LogP contribution >= 0.6 is 11.6 Å². The second-order valence-corrected chi connectivity index (χ2v) is 3.44. The lowest BCUT2D eigenvalue weighted by Crippen LogP contribution is -2.03. The third-order valence-corrected chi connectivity index (χ3v) is 2.15. The monoisotopic (exact) mass is 199 g/mol. The van der Waals surface area contributed by atoms with Crippen molar-refractivity contribution in [2.45, 2.75) is 18.9 Å². The molecule has 0 aliphatic rings. The molecule has 0 radical (unpaired) electrons. The summed E-state index contributed by atoms with van der Waals surface area (Å²) in [6, 6.07) is 7.28. The van der Waals surface area contributed by atoms with Gasteiger partial charge in [-0.05, 0) is 37.1 Å². The Bertz CT molecular complexity index is 265. The molecule has 0 amide bonds. The fraction of sp³-hybridized carbons (Fsp3) is 0.400. The molecule has 1 aromatic rings. The number of aliphatic hydroxyl groups is 1. The second kappa shape index (κ2) is 5.22. The molecule has 1 atom stereocenters. The van der Waals surface area contributed by atoms with E-state index in [4.69, 9.17) is 17.3 Å². The van der Waals surface area contributed by atoms with Crippen molar-refractivity contribution in [2.75, 3.05) is 6.54 Å². The third-order valence-electron chi connectivity index (χ3n) is 1.92. The minimum absolute atomic E-state index is 0.442. The first-order chi connectivity index (χ1) is 6.24. The van der Waals surface area contributed by atoms with Crippen LogP contribution in [0.2, 0.25) is 5.02 Å². The summed E-state index contributed by atoms with van der Waals surface area (Å²) in [5.41, 5.74) is 6.21. The molecule has 0 fully saturated rings. The molecule has 1 rings (SSSR count). The van der Waals surface area contributed by atoms with Gasteiger partial charge in [0.25, 0.3) is 0 Å². The average molecular weight is 200 g/mol. The van der Waals surface area contributed by atoms with Gasteiger partial charge in [-0.15, -0.1) is 0 Å². The summed E-state index contributed by atoms with van der Waals surface area (Å²) >= 11 is 5.79. The van der Waals surface area contributed by atoms with Crippen molar-refractivity contribution in [1.82, 2.24) is 0 Å². The van der Waals surface area contributed by atoms with Crippen LogP contribution in [0.15, 0.2) is 24.3 Å². The van der Waals surface area contributed by atoms with Gasteiger partial charge >= 0.3 is 0 Å². The fourth-order valence-corrected chi connectivity index (χ4v) is 1.39. The van der Waals surface area contributed by atoms with Crippen LogP contribution < -0.4 is 5.73 Å². The summed E-state index contributed by atoms with van der Waals surface area (Å²) < 4.78 is 0. The van der Waals surface area contributed by atoms with Gasteiger partial charge in [-0.1, -0.05) is 23.7 Å². The zero-order valence-electron chi connectivity index (χ0n) is 7.41. The number of benzene rings is 1. The Hall–Kier alpha value is -0.570. The number of hydrogen-bond acceptors (Lipinski definition) is 2. The highest BCUT2D eigenvalue weighted by Gasteiger charge is 2.06. The van der Waals surface area contributed by atoms with Gasteiger partial charge in [0, 0.05) is 5.02 Å². The van der Waals surface area contributed by atoms with E-state index in [1.54, 1.807) is 12.1 Å². The SMILES string of the molecule is NCCCC(O)c1cccc(Cl)c1. The van der Waals surface area contributed by atoms with Gasteiger partial charge in [0.1, 0.15) is 0 Å². The van der Waals surface area contributed by atoms with Crippen molar-refractivity contribution in [1.29, 1.82) is 0 Å². The highest BCUT2D eigenvalue weighted by Crippen LogP contribution is 2.20. The summed E-state index contributed by atoms with van der Waals surface area (Å²) in [7, 11) is 0. The largest absolute Gasteiger partial charge is 0.388 e. The first kappa shape index (κ1) is 10.5. The molecule has 2 nitrogen and oxygen atoms in total. The molecule has 0 aliphatic carbocycles. The van der Waals surface area contributed by atoms with Crippen LogP contribution in [-0.2, 0) is 0 Å². The zero-order chi connectivity index (χ0) is 9.68. The van der Waals surface area contributed by atoms with Crippen LogP contribution in [-0.4, -0.2) is 11.7 Å². The smallest absolute Gasteiger partial charge is 0.0791 e. The van der Waals surface area contributed by atoms with Gasteiger partial charge in [-0.2, -0.15) is 0 Å². The Labute approximate surface area is 83.3 Å². The predicted molar refractivity (Wildman–Crippen MR) is 54.7 cm³/mol. The summed E-state index contributed by atoms with van der Waals surface area (Å²) in [4.78, 5) is 0. The predicted octanol–water partition coefficient (Wildman–Crippen LogP) is 2.11. The van der Waals surface area contributed by atoms with Crippen molar-refractivity contribution in [3.8, 4) is 0 Å². The third kappa shape index (κ3) is 3.35. The van der Waals surface area contributed by atoms with E-state index in [1.807, 2.05) is 12.1 Å². The molecule has 0 saturated carbocycles. The van der Waals surface area contributed by atoms with Crippen LogP contribution in [0.5, 0.6) is 0 Å². The van der Waals surface area contributed by atoms with Gasteiger partial charge in [0.2, 0.25) is 0 Å². The quantitative estimate of drug-likeness (QED) is 0.781.